The highest BCUT2D eigenvalue weighted by Gasteiger charge is 2.16. The van der Waals surface area contributed by atoms with Crippen molar-refractivity contribution in [3.63, 3.8) is 0 Å². The lowest BCUT2D eigenvalue weighted by molar-refractivity contribution is 0.0531. The van der Waals surface area contributed by atoms with Gasteiger partial charge in [0.05, 0.1) is 23.6 Å². The first-order valence-electron chi connectivity index (χ1n) is 6.96. The Bertz CT molecular complexity index is 593. The Morgan fingerprint density at radius 3 is 2.90 bits per heavy atom. The van der Waals surface area contributed by atoms with Crippen LogP contribution in [0.2, 0.25) is 5.02 Å². The van der Waals surface area contributed by atoms with Gasteiger partial charge in [-0.1, -0.05) is 24.4 Å². The molecule has 0 unspecified atom stereocenters. The third kappa shape index (κ3) is 2.92. The molecule has 1 fully saturated rings. The van der Waals surface area contributed by atoms with E-state index in [0.29, 0.717) is 23.6 Å². The van der Waals surface area contributed by atoms with Gasteiger partial charge in [0.25, 0.3) is 0 Å². The van der Waals surface area contributed by atoms with E-state index >= 15 is 0 Å². The van der Waals surface area contributed by atoms with Gasteiger partial charge in [-0.2, -0.15) is 0 Å². The van der Waals surface area contributed by atoms with Crippen LogP contribution < -0.4 is 0 Å². The summed E-state index contributed by atoms with van der Waals surface area (Å²) in [6.07, 6.45) is 6.99. The number of aromatic nitrogens is 3. The summed E-state index contributed by atoms with van der Waals surface area (Å²) < 4.78 is 7.92. The average Bonchev–Trinajstić information content (AvgIpc) is 3.06. The van der Waals surface area contributed by atoms with Crippen molar-refractivity contribution in [2.45, 2.75) is 44.2 Å². The first-order valence-corrected chi connectivity index (χ1v) is 7.87. The molecule has 0 spiro atoms. The second-order valence-corrected chi connectivity index (χ2v) is 5.79. The number of halogens is 2. The highest BCUT2D eigenvalue weighted by molar-refractivity contribution is 6.31. The van der Waals surface area contributed by atoms with Gasteiger partial charge >= 0.3 is 0 Å². The molecule has 0 aromatic carbocycles. The molecular weight excluding hydrogens is 297 g/mol. The Labute approximate surface area is 128 Å². The molecule has 0 aliphatic heterocycles. The Morgan fingerprint density at radius 2 is 2.15 bits per heavy atom. The monoisotopic (exact) mass is 313 g/mol. The lowest BCUT2D eigenvalue weighted by Crippen LogP contribution is -2.14. The number of ether oxygens (including phenoxy) is 1. The number of rotatable bonds is 5. The van der Waals surface area contributed by atoms with Gasteiger partial charge in [0.1, 0.15) is 11.3 Å². The predicted molar refractivity (Wildman–Crippen MR) is 80.3 cm³/mol. The molecule has 20 heavy (non-hydrogen) atoms. The minimum atomic E-state index is 0.359. The largest absolute Gasteiger partial charge is 0.376 e. The molecule has 1 saturated carbocycles. The van der Waals surface area contributed by atoms with Crippen LogP contribution >= 0.6 is 23.2 Å². The van der Waals surface area contributed by atoms with E-state index < -0.39 is 0 Å². The summed E-state index contributed by atoms with van der Waals surface area (Å²) in [4.78, 5) is 8.82. The van der Waals surface area contributed by atoms with Gasteiger partial charge in [0, 0.05) is 12.7 Å². The SMILES string of the molecule is ClCc1nc2cc(Cl)cnc2n1CCOC1CCCC1. The van der Waals surface area contributed by atoms with Crippen LogP contribution in [0.3, 0.4) is 0 Å². The molecule has 2 aromatic heterocycles. The normalized spacial score (nSPS) is 16.3. The van der Waals surface area contributed by atoms with Crippen molar-refractivity contribution in [3.8, 4) is 0 Å². The molecule has 108 valence electrons. The van der Waals surface area contributed by atoms with E-state index in [1.54, 1.807) is 6.20 Å². The molecule has 0 atom stereocenters. The number of alkyl halides is 1. The van der Waals surface area contributed by atoms with Crippen LogP contribution in [0.4, 0.5) is 0 Å². The molecule has 1 aliphatic rings. The van der Waals surface area contributed by atoms with Crippen molar-refractivity contribution in [3.05, 3.63) is 23.1 Å². The lowest BCUT2D eigenvalue weighted by atomic mass is 10.3. The molecule has 4 nitrogen and oxygen atoms in total. The Hall–Kier alpha value is -0.840. The van der Waals surface area contributed by atoms with Crippen LogP contribution in [0.15, 0.2) is 12.3 Å². The smallest absolute Gasteiger partial charge is 0.160 e. The molecule has 0 amide bonds. The summed E-state index contributed by atoms with van der Waals surface area (Å²) in [6, 6.07) is 1.81. The fraction of sp³-hybridized carbons (Fsp3) is 0.571. The Balaban J connectivity index is 1.75. The molecule has 6 heteroatoms. The van der Waals surface area contributed by atoms with E-state index in [1.165, 1.54) is 25.7 Å². The van der Waals surface area contributed by atoms with Crippen LogP contribution in [-0.2, 0) is 17.2 Å². The number of nitrogens with zero attached hydrogens (tertiary/aromatic N) is 3. The third-order valence-corrected chi connectivity index (χ3v) is 4.17. The van der Waals surface area contributed by atoms with Gasteiger partial charge in [0.15, 0.2) is 5.65 Å². The predicted octanol–water partition coefficient (Wildman–Crippen LogP) is 3.78. The first-order chi connectivity index (χ1) is 9.78. The average molecular weight is 314 g/mol. The second-order valence-electron chi connectivity index (χ2n) is 5.09. The van der Waals surface area contributed by atoms with Crippen molar-refractivity contribution in [2.24, 2.45) is 0 Å². The number of pyridine rings is 1. The van der Waals surface area contributed by atoms with E-state index in [-0.39, 0.29) is 0 Å². The van der Waals surface area contributed by atoms with Crippen LogP contribution in [0.25, 0.3) is 11.2 Å². The number of imidazole rings is 1. The molecule has 2 heterocycles. The van der Waals surface area contributed by atoms with E-state index in [1.807, 2.05) is 10.6 Å². The fourth-order valence-corrected chi connectivity index (χ4v) is 3.09. The van der Waals surface area contributed by atoms with Gasteiger partial charge < -0.3 is 9.30 Å². The Kier molecular flexibility index (Phi) is 4.44. The van der Waals surface area contributed by atoms with E-state index in [2.05, 4.69) is 9.97 Å². The first kappa shape index (κ1) is 14.1. The lowest BCUT2D eigenvalue weighted by Gasteiger charge is -2.12. The van der Waals surface area contributed by atoms with Gasteiger partial charge in [-0.25, -0.2) is 9.97 Å². The van der Waals surface area contributed by atoms with Crippen molar-refractivity contribution in [1.82, 2.24) is 14.5 Å². The Morgan fingerprint density at radius 1 is 1.35 bits per heavy atom. The fourth-order valence-electron chi connectivity index (χ4n) is 2.74. The number of hydrogen-bond donors (Lipinski definition) is 0. The minimum absolute atomic E-state index is 0.359. The molecule has 0 radical (unpaired) electrons. The van der Waals surface area contributed by atoms with E-state index in [9.17, 15) is 0 Å². The van der Waals surface area contributed by atoms with Crippen LogP contribution in [0.1, 0.15) is 31.5 Å². The molecule has 2 aromatic rings. The molecule has 3 rings (SSSR count). The maximum Gasteiger partial charge on any atom is 0.160 e. The summed E-state index contributed by atoms with van der Waals surface area (Å²) in [5.41, 5.74) is 1.61. The summed E-state index contributed by atoms with van der Waals surface area (Å²) >= 11 is 11.9. The van der Waals surface area contributed by atoms with E-state index in [4.69, 9.17) is 27.9 Å². The maximum absolute atomic E-state index is 5.96. The van der Waals surface area contributed by atoms with E-state index in [0.717, 1.165) is 23.5 Å². The minimum Gasteiger partial charge on any atom is -0.376 e. The van der Waals surface area contributed by atoms with Crippen LogP contribution in [-0.4, -0.2) is 27.2 Å². The standard InChI is InChI=1S/C14H17Cl2N3O/c15-8-13-18-12-7-10(16)9-17-14(12)19(13)5-6-20-11-3-1-2-4-11/h7,9,11H,1-6,8H2. The summed E-state index contributed by atoms with van der Waals surface area (Å²) in [6.45, 7) is 1.40. The molecular formula is C14H17Cl2N3O. The summed E-state index contributed by atoms with van der Waals surface area (Å²) in [5.74, 6) is 1.17. The third-order valence-electron chi connectivity index (χ3n) is 3.72. The molecule has 0 N–H and O–H groups in total. The molecule has 0 bridgehead atoms. The quantitative estimate of drug-likeness (QED) is 0.789. The summed E-state index contributed by atoms with van der Waals surface area (Å²) in [7, 11) is 0. The number of hydrogen-bond acceptors (Lipinski definition) is 3. The maximum atomic E-state index is 5.96. The summed E-state index contributed by atoms with van der Waals surface area (Å²) in [5, 5.41) is 0.588. The van der Waals surface area contributed by atoms with Crippen LogP contribution in [0, 0.1) is 0 Å². The molecule has 1 aliphatic carbocycles. The zero-order chi connectivity index (χ0) is 13.9. The topological polar surface area (TPSA) is 39.9 Å². The van der Waals surface area contributed by atoms with Crippen molar-refractivity contribution in [1.29, 1.82) is 0 Å². The molecule has 0 saturated heterocycles. The van der Waals surface area contributed by atoms with Gasteiger partial charge in [-0.3, -0.25) is 0 Å². The highest BCUT2D eigenvalue weighted by atomic mass is 35.5. The zero-order valence-electron chi connectivity index (χ0n) is 11.2. The van der Waals surface area contributed by atoms with Gasteiger partial charge in [0.2, 0.25) is 0 Å². The van der Waals surface area contributed by atoms with Crippen molar-refractivity contribution < 1.29 is 4.74 Å². The highest BCUT2D eigenvalue weighted by Crippen LogP contribution is 2.22. The van der Waals surface area contributed by atoms with Crippen molar-refractivity contribution in [2.75, 3.05) is 6.61 Å². The zero-order valence-corrected chi connectivity index (χ0v) is 12.7. The van der Waals surface area contributed by atoms with Crippen molar-refractivity contribution >= 4 is 34.4 Å². The van der Waals surface area contributed by atoms with Gasteiger partial charge in [-0.15, -0.1) is 11.6 Å². The number of fused-ring (bicyclic) bond motifs is 1. The van der Waals surface area contributed by atoms with Gasteiger partial charge in [-0.05, 0) is 18.9 Å². The second kappa shape index (κ2) is 6.29. The van der Waals surface area contributed by atoms with Crippen LogP contribution in [0.5, 0.6) is 0 Å².